The molecule has 4 heteroatoms. The number of hydrogen-bond donors (Lipinski definition) is 1. The molecule has 0 bridgehead atoms. The van der Waals surface area contributed by atoms with Crippen molar-refractivity contribution < 1.29 is 0 Å². The summed E-state index contributed by atoms with van der Waals surface area (Å²) in [6.07, 6.45) is 3.20. The monoisotopic (exact) mass is 240 g/mol. The van der Waals surface area contributed by atoms with Crippen LogP contribution in [0.25, 0.3) is 0 Å². The second kappa shape index (κ2) is 5.40. The predicted octanol–water partition coefficient (Wildman–Crippen LogP) is 2.29. The van der Waals surface area contributed by atoms with E-state index in [2.05, 4.69) is 40.1 Å². The Labute approximate surface area is 107 Å². The molecule has 0 aliphatic heterocycles. The van der Waals surface area contributed by atoms with Crippen LogP contribution in [0.5, 0.6) is 0 Å². The third kappa shape index (κ3) is 2.91. The van der Waals surface area contributed by atoms with Gasteiger partial charge in [-0.05, 0) is 19.4 Å². The van der Waals surface area contributed by atoms with Gasteiger partial charge < -0.3 is 5.73 Å². The molecule has 92 valence electrons. The number of nitrogen functional groups attached to an aromatic ring is 1. The minimum absolute atomic E-state index is 0.468. The lowest BCUT2D eigenvalue weighted by Gasteiger charge is -2.02. The van der Waals surface area contributed by atoms with Crippen molar-refractivity contribution in [2.45, 2.75) is 20.4 Å². The van der Waals surface area contributed by atoms with Gasteiger partial charge in [0.05, 0.1) is 17.8 Å². The van der Waals surface area contributed by atoms with Crippen molar-refractivity contribution in [2.24, 2.45) is 4.99 Å². The van der Waals surface area contributed by atoms with E-state index in [0.717, 1.165) is 11.3 Å². The summed E-state index contributed by atoms with van der Waals surface area (Å²) in [7, 11) is 0. The fourth-order valence-electron chi connectivity index (χ4n) is 1.71. The summed E-state index contributed by atoms with van der Waals surface area (Å²) in [5.74, 6) is 0.468. The Hall–Kier alpha value is -2.23. The smallest absolute Gasteiger partial charge is 0.135 e. The fourth-order valence-corrected chi connectivity index (χ4v) is 1.71. The third-order valence-electron chi connectivity index (χ3n) is 2.69. The molecule has 0 unspecified atom stereocenters. The Morgan fingerprint density at radius 3 is 2.83 bits per heavy atom. The summed E-state index contributed by atoms with van der Waals surface area (Å²) in [4.78, 5) is 12.4. The first-order valence-corrected chi connectivity index (χ1v) is 5.79. The van der Waals surface area contributed by atoms with Gasteiger partial charge in [0.15, 0.2) is 0 Å². The second-order valence-electron chi connectivity index (χ2n) is 4.22. The van der Waals surface area contributed by atoms with Crippen molar-refractivity contribution in [3.8, 4) is 0 Å². The SMILES string of the molecule is Cc1cccc(CN=Cc2c(C)ncnc2N)c1. The average molecular weight is 240 g/mol. The maximum absolute atomic E-state index is 5.78. The topological polar surface area (TPSA) is 64.2 Å². The predicted molar refractivity (Wildman–Crippen MR) is 73.7 cm³/mol. The molecule has 1 aromatic carbocycles. The number of aryl methyl sites for hydroxylation is 2. The van der Waals surface area contributed by atoms with Gasteiger partial charge in [-0.15, -0.1) is 0 Å². The molecule has 0 saturated carbocycles. The van der Waals surface area contributed by atoms with E-state index in [1.165, 1.54) is 17.5 Å². The first kappa shape index (κ1) is 12.2. The van der Waals surface area contributed by atoms with Crippen LogP contribution in [-0.2, 0) is 6.54 Å². The number of nitrogens with zero attached hydrogens (tertiary/aromatic N) is 3. The number of anilines is 1. The van der Waals surface area contributed by atoms with E-state index in [4.69, 9.17) is 5.73 Å². The second-order valence-corrected chi connectivity index (χ2v) is 4.22. The van der Waals surface area contributed by atoms with Crippen LogP contribution in [0.1, 0.15) is 22.4 Å². The van der Waals surface area contributed by atoms with E-state index in [0.29, 0.717) is 12.4 Å². The summed E-state index contributed by atoms with van der Waals surface area (Å²) in [5, 5.41) is 0. The van der Waals surface area contributed by atoms with Gasteiger partial charge in [-0.1, -0.05) is 29.8 Å². The van der Waals surface area contributed by atoms with Gasteiger partial charge in [0.2, 0.25) is 0 Å². The zero-order chi connectivity index (χ0) is 13.0. The van der Waals surface area contributed by atoms with Crippen LogP contribution in [0.3, 0.4) is 0 Å². The molecular formula is C14H16N4. The van der Waals surface area contributed by atoms with Crippen LogP contribution < -0.4 is 5.73 Å². The van der Waals surface area contributed by atoms with Crippen molar-refractivity contribution in [2.75, 3.05) is 5.73 Å². The van der Waals surface area contributed by atoms with Crippen LogP contribution in [0.4, 0.5) is 5.82 Å². The van der Waals surface area contributed by atoms with Crippen molar-refractivity contribution in [3.63, 3.8) is 0 Å². The van der Waals surface area contributed by atoms with E-state index < -0.39 is 0 Å². The van der Waals surface area contributed by atoms with Gasteiger partial charge in [0, 0.05) is 6.21 Å². The van der Waals surface area contributed by atoms with E-state index in [1.807, 2.05) is 13.0 Å². The third-order valence-corrected chi connectivity index (χ3v) is 2.69. The molecule has 2 aromatic rings. The number of aliphatic imine (C=N–C) groups is 1. The van der Waals surface area contributed by atoms with Gasteiger partial charge in [0.25, 0.3) is 0 Å². The first-order chi connectivity index (χ1) is 8.66. The summed E-state index contributed by atoms with van der Waals surface area (Å²) < 4.78 is 0. The Bertz CT molecular complexity index is 556. The average Bonchev–Trinajstić information content (AvgIpc) is 2.33. The van der Waals surface area contributed by atoms with Crippen LogP contribution in [0.2, 0.25) is 0 Å². The lowest BCUT2D eigenvalue weighted by Crippen LogP contribution is -2.01. The summed E-state index contributed by atoms with van der Waals surface area (Å²) in [6.45, 7) is 4.60. The maximum Gasteiger partial charge on any atom is 0.135 e. The van der Waals surface area contributed by atoms with E-state index in [9.17, 15) is 0 Å². The molecule has 0 aliphatic rings. The van der Waals surface area contributed by atoms with E-state index in [-0.39, 0.29) is 0 Å². The molecule has 0 fully saturated rings. The number of rotatable bonds is 3. The molecule has 0 aliphatic carbocycles. The van der Waals surface area contributed by atoms with E-state index >= 15 is 0 Å². The Morgan fingerprint density at radius 2 is 2.11 bits per heavy atom. The first-order valence-electron chi connectivity index (χ1n) is 5.79. The zero-order valence-corrected chi connectivity index (χ0v) is 10.6. The summed E-state index contributed by atoms with van der Waals surface area (Å²) in [6, 6.07) is 8.28. The van der Waals surface area contributed by atoms with Crippen molar-refractivity contribution in [1.29, 1.82) is 0 Å². The highest BCUT2D eigenvalue weighted by Crippen LogP contribution is 2.09. The lowest BCUT2D eigenvalue weighted by atomic mass is 10.1. The molecule has 2 rings (SSSR count). The van der Waals surface area contributed by atoms with Gasteiger partial charge >= 0.3 is 0 Å². The minimum atomic E-state index is 0.468. The van der Waals surface area contributed by atoms with Gasteiger partial charge in [0.1, 0.15) is 12.1 Å². The highest BCUT2D eigenvalue weighted by atomic mass is 14.9. The molecule has 0 atom stereocenters. The molecule has 0 spiro atoms. The molecular weight excluding hydrogens is 224 g/mol. The molecule has 1 aromatic heterocycles. The highest BCUT2D eigenvalue weighted by Gasteiger charge is 2.01. The number of aromatic nitrogens is 2. The van der Waals surface area contributed by atoms with E-state index in [1.54, 1.807) is 6.21 Å². The molecule has 0 saturated heterocycles. The lowest BCUT2D eigenvalue weighted by molar-refractivity contribution is 1.06. The quantitative estimate of drug-likeness (QED) is 0.837. The summed E-state index contributed by atoms with van der Waals surface area (Å²) in [5.41, 5.74) is 9.84. The standard InChI is InChI=1S/C14H16N4/c1-10-4-3-5-12(6-10)7-16-8-13-11(2)17-9-18-14(13)15/h3-6,8-9H,7H2,1-2H3,(H2,15,17,18). The molecule has 18 heavy (non-hydrogen) atoms. The molecule has 0 amide bonds. The fraction of sp³-hybridized carbons (Fsp3) is 0.214. The molecule has 0 radical (unpaired) electrons. The molecule has 4 nitrogen and oxygen atoms in total. The number of nitrogens with two attached hydrogens (primary N) is 1. The number of benzene rings is 1. The minimum Gasteiger partial charge on any atom is -0.383 e. The van der Waals surface area contributed by atoms with Crippen LogP contribution >= 0.6 is 0 Å². The summed E-state index contributed by atoms with van der Waals surface area (Å²) >= 11 is 0. The highest BCUT2D eigenvalue weighted by molar-refractivity contribution is 5.86. The van der Waals surface area contributed by atoms with Crippen molar-refractivity contribution in [3.05, 3.63) is 53.0 Å². The molecule has 1 heterocycles. The largest absolute Gasteiger partial charge is 0.383 e. The zero-order valence-electron chi connectivity index (χ0n) is 10.6. The van der Waals surface area contributed by atoms with Gasteiger partial charge in [-0.2, -0.15) is 0 Å². The van der Waals surface area contributed by atoms with Crippen LogP contribution in [0, 0.1) is 13.8 Å². The van der Waals surface area contributed by atoms with Crippen molar-refractivity contribution >= 4 is 12.0 Å². The van der Waals surface area contributed by atoms with Crippen LogP contribution in [0.15, 0.2) is 35.6 Å². The van der Waals surface area contributed by atoms with Crippen molar-refractivity contribution in [1.82, 2.24) is 9.97 Å². The Morgan fingerprint density at radius 1 is 1.28 bits per heavy atom. The Balaban J connectivity index is 2.12. The van der Waals surface area contributed by atoms with Crippen LogP contribution in [-0.4, -0.2) is 16.2 Å². The maximum atomic E-state index is 5.78. The van der Waals surface area contributed by atoms with Gasteiger partial charge in [-0.3, -0.25) is 4.99 Å². The van der Waals surface area contributed by atoms with Gasteiger partial charge in [-0.25, -0.2) is 9.97 Å². The normalized spacial score (nSPS) is 11.0. The number of hydrogen-bond acceptors (Lipinski definition) is 4. The molecule has 2 N–H and O–H groups in total. The Kier molecular flexibility index (Phi) is 3.67.